The molecule has 0 aromatic rings. The van der Waals surface area contributed by atoms with Gasteiger partial charge in [0, 0.05) is 30.9 Å². The van der Waals surface area contributed by atoms with E-state index in [2.05, 4.69) is 15.5 Å². The van der Waals surface area contributed by atoms with Gasteiger partial charge in [0.1, 0.15) is 0 Å². The van der Waals surface area contributed by atoms with Crippen LogP contribution in [0.5, 0.6) is 0 Å². The van der Waals surface area contributed by atoms with Gasteiger partial charge in [-0.25, -0.2) is 4.79 Å². The van der Waals surface area contributed by atoms with Gasteiger partial charge in [-0.1, -0.05) is 0 Å². The number of alkyl halides is 1. The summed E-state index contributed by atoms with van der Waals surface area (Å²) < 4.78 is 0. The SMILES string of the molecule is O=C(CCCl)NC(=O)NC1CCN2CCCC2C1. The molecule has 6 heteroatoms. The number of carbonyl (C=O) groups is 2. The molecule has 102 valence electrons. The summed E-state index contributed by atoms with van der Waals surface area (Å²) in [6, 6.07) is 0.414. The van der Waals surface area contributed by atoms with Gasteiger partial charge < -0.3 is 10.2 Å². The van der Waals surface area contributed by atoms with Gasteiger partial charge in [0.25, 0.3) is 0 Å². The first-order chi connectivity index (χ1) is 8.69. The van der Waals surface area contributed by atoms with Crippen molar-refractivity contribution in [3.8, 4) is 0 Å². The lowest BCUT2D eigenvalue weighted by atomic mass is 9.98. The van der Waals surface area contributed by atoms with Crippen molar-refractivity contribution in [3.05, 3.63) is 0 Å². The monoisotopic (exact) mass is 273 g/mol. The molecule has 5 nitrogen and oxygen atoms in total. The highest BCUT2D eigenvalue weighted by Crippen LogP contribution is 2.26. The molecule has 0 aromatic carbocycles. The first kappa shape index (κ1) is 13.6. The lowest BCUT2D eigenvalue weighted by Gasteiger charge is -2.35. The van der Waals surface area contributed by atoms with Crippen LogP contribution in [0, 0.1) is 0 Å². The van der Waals surface area contributed by atoms with E-state index < -0.39 is 0 Å². The van der Waals surface area contributed by atoms with E-state index in [0.717, 1.165) is 19.4 Å². The minimum Gasteiger partial charge on any atom is -0.335 e. The molecule has 0 saturated carbocycles. The van der Waals surface area contributed by atoms with E-state index in [0.29, 0.717) is 6.04 Å². The Morgan fingerprint density at radius 3 is 2.89 bits per heavy atom. The molecule has 2 aliphatic heterocycles. The number of rotatable bonds is 3. The fourth-order valence-electron chi connectivity index (χ4n) is 2.85. The minimum atomic E-state index is -0.387. The molecule has 0 radical (unpaired) electrons. The summed E-state index contributed by atoms with van der Waals surface area (Å²) in [6.45, 7) is 2.24. The van der Waals surface area contributed by atoms with Crippen molar-refractivity contribution in [1.29, 1.82) is 0 Å². The summed E-state index contributed by atoms with van der Waals surface area (Å²) in [5.74, 6) is -0.0830. The normalized spacial score (nSPS) is 27.6. The van der Waals surface area contributed by atoms with Crippen molar-refractivity contribution in [3.63, 3.8) is 0 Å². The highest BCUT2D eigenvalue weighted by Gasteiger charge is 2.32. The summed E-state index contributed by atoms with van der Waals surface area (Å²) >= 11 is 5.43. The van der Waals surface area contributed by atoms with Crippen LogP contribution in [0.3, 0.4) is 0 Å². The lowest BCUT2D eigenvalue weighted by molar-refractivity contribution is -0.119. The van der Waals surface area contributed by atoms with Crippen molar-refractivity contribution in [1.82, 2.24) is 15.5 Å². The number of halogens is 1. The van der Waals surface area contributed by atoms with Crippen molar-refractivity contribution < 1.29 is 9.59 Å². The van der Waals surface area contributed by atoms with Crippen LogP contribution in [0.15, 0.2) is 0 Å². The maximum atomic E-state index is 11.6. The Hall–Kier alpha value is -0.810. The van der Waals surface area contributed by atoms with Crippen LogP contribution in [-0.2, 0) is 4.79 Å². The van der Waals surface area contributed by atoms with Crippen LogP contribution in [0.1, 0.15) is 32.1 Å². The number of piperidine rings is 1. The van der Waals surface area contributed by atoms with Crippen LogP contribution in [-0.4, -0.2) is 47.9 Å². The van der Waals surface area contributed by atoms with Crippen LogP contribution in [0.2, 0.25) is 0 Å². The third kappa shape index (κ3) is 3.59. The third-order valence-corrected chi connectivity index (χ3v) is 3.92. The van der Waals surface area contributed by atoms with Crippen LogP contribution in [0.4, 0.5) is 4.79 Å². The third-order valence-electron chi connectivity index (χ3n) is 3.73. The number of nitrogens with one attached hydrogen (secondary N) is 2. The van der Waals surface area contributed by atoms with E-state index in [4.69, 9.17) is 11.6 Å². The zero-order valence-corrected chi connectivity index (χ0v) is 11.2. The Kier molecular flexibility index (Phi) is 4.83. The van der Waals surface area contributed by atoms with Gasteiger partial charge in [-0.15, -0.1) is 11.6 Å². The molecule has 2 atom stereocenters. The molecule has 2 N–H and O–H groups in total. The molecular formula is C12H20ClN3O2. The first-order valence-corrected chi connectivity index (χ1v) is 7.13. The van der Waals surface area contributed by atoms with Crippen molar-refractivity contribution in [2.45, 2.75) is 44.2 Å². The van der Waals surface area contributed by atoms with Gasteiger partial charge in [-0.3, -0.25) is 10.1 Å². The first-order valence-electron chi connectivity index (χ1n) is 6.59. The molecule has 0 aliphatic carbocycles. The largest absolute Gasteiger partial charge is 0.335 e. The van der Waals surface area contributed by atoms with Crippen molar-refractivity contribution in [2.24, 2.45) is 0 Å². The number of hydrogen-bond donors (Lipinski definition) is 2. The van der Waals surface area contributed by atoms with Crippen LogP contribution >= 0.6 is 11.6 Å². The van der Waals surface area contributed by atoms with Crippen molar-refractivity contribution >= 4 is 23.5 Å². The number of nitrogens with zero attached hydrogens (tertiary/aromatic N) is 1. The second kappa shape index (κ2) is 6.38. The molecule has 2 rings (SSSR count). The zero-order valence-electron chi connectivity index (χ0n) is 10.5. The molecule has 2 fully saturated rings. The van der Waals surface area contributed by atoms with E-state index in [1.807, 2.05) is 0 Å². The maximum absolute atomic E-state index is 11.6. The van der Waals surface area contributed by atoms with E-state index >= 15 is 0 Å². The minimum absolute atomic E-state index is 0.177. The molecular weight excluding hydrogens is 254 g/mol. The van der Waals surface area contributed by atoms with E-state index in [-0.39, 0.29) is 30.3 Å². The summed E-state index contributed by atoms with van der Waals surface area (Å²) in [6.07, 6.45) is 4.63. The fraction of sp³-hybridized carbons (Fsp3) is 0.833. The second-order valence-electron chi connectivity index (χ2n) is 5.01. The summed E-state index contributed by atoms with van der Waals surface area (Å²) in [5, 5.41) is 5.18. The molecule has 0 aromatic heterocycles. The van der Waals surface area contributed by atoms with Gasteiger partial charge in [0.2, 0.25) is 5.91 Å². The highest BCUT2D eigenvalue weighted by atomic mass is 35.5. The average molecular weight is 274 g/mol. The lowest BCUT2D eigenvalue weighted by Crippen LogP contribution is -2.50. The number of urea groups is 1. The standard InChI is InChI=1S/C12H20ClN3O2/c13-5-3-11(17)15-12(18)14-9-4-7-16-6-1-2-10(16)8-9/h9-10H,1-8H2,(H2,14,15,17,18). The molecule has 2 aliphatic rings. The van der Waals surface area contributed by atoms with Gasteiger partial charge in [-0.2, -0.15) is 0 Å². The quantitative estimate of drug-likeness (QED) is 0.756. The number of imide groups is 1. The number of carbonyl (C=O) groups excluding carboxylic acids is 2. The van der Waals surface area contributed by atoms with Gasteiger partial charge >= 0.3 is 6.03 Å². The highest BCUT2D eigenvalue weighted by molar-refractivity contribution is 6.19. The van der Waals surface area contributed by atoms with Gasteiger partial charge in [0.15, 0.2) is 0 Å². The predicted octanol–water partition coefficient (Wildman–Crippen LogP) is 1.07. The zero-order chi connectivity index (χ0) is 13.0. The summed E-state index contributed by atoms with van der Waals surface area (Å²) in [4.78, 5) is 25.3. The molecule has 2 heterocycles. The molecule has 18 heavy (non-hydrogen) atoms. The van der Waals surface area contributed by atoms with E-state index in [9.17, 15) is 9.59 Å². The predicted molar refractivity (Wildman–Crippen MR) is 69.6 cm³/mol. The summed E-state index contributed by atoms with van der Waals surface area (Å²) in [7, 11) is 0. The molecule has 0 spiro atoms. The molecule has 2 saturated heterocycles. The topological polar surface area (TPSA) is 61.4 Å². The Labute approximate surface area is 112 Å². The molecule has 0 bridgehead atoms. The smallest absolute Gasteiger partial charge is 0.321 e. The number of hydrogen-bond acceptors (Lipinski definition) is 3. The Balaban J connectivity index is 1.72. The van der Waals surface area contributed by atoms with Crippen LogP contribution < -0.4 is 10.6 Å². The molecule has 3 amide bonds. The van der Waals surface area contributed by atoms with Gasteiger partial charge in [-0.05, 0) is 32.2 Å². The Bertz CT molecular complexity index is 324. The average Bonchev–Trinajstić information content (AvgIpc) is 2.76. The Morgan fingerprint density at radius 2 is 2.11 bits per heavy atom. The van der Waals surface area contributed by atoms with E-state index in [1.54, 1.807) is 0 Å². The second-order valence-corrected chi connectivity index (χ2v) is 5.39. The fourth-order valence-corrected chi connectivity index (χ4v) is 3.02. The number of amides is 3. The number of fused-ring (bicyclic) bond motifs is 1. The maximum Gasteiger partial charge on any atom is 0.321 e. The Morgan fingerprint density at radius 1 is 1.28 bits per heavy atom. The molecule has 2 unspecified atom stereocenters. The van der Waals surface area contributed by atoms with E-state index in [1.165, 1.54) is 19.4 Å². The van der Waals surface area contributed by atoms with Gasteiger partial charge in [0.05, 0.1) is 0 Å². The summed E-state index contributed by atoms with van der Waals surface area (Å²) in [5.41, 5.74) is 0. The van der Waals surface area contributed by atoms with Crippen molar-refractivity contribution in [2.75, 3.05) is 19.0 Å². The van der Waals surface area contributed by atoms with Crippen LogP contribution in [0.25, 0.3) is 0 Å².